The number of carbonyl (C=O) groups excluding carboxylic acids is 1. The zero-order valence-electron chi connectivity index (χ0n) is 21.4. The van der Waals surface area contributed by atoms with E-state index in [1.54, 1.807) is 11.8 Å². The first-order valence-corrected chi connectivity index (χ1v) is 13.0. The fourth-order valence-corrected chi connectivity index (χ4v) is 4.48. The van der Waals surface area contributed by atoms with E-state index in [1.165, 1.54) is 0 Å². The molecule has 1 saturated heterocycles. The van der Waals surface area contributed by atoms with E-state index in [9.17, 15) is 18.0 Å². The molecule has 2 N–H and O–H groups in total. The van der Waals surface area contributed by atoms with Crippen LogP contribution >= 0.6 is 0 Å². The molecule has 4 rings (SSSR count). The van der Waals surface area contributed by atoms with Crippen molar-refractivity contribution in [2.75, 3.05) is 61.5 Å². The molecule has 0 spiro atoms. The number of alkyl halides is 3. The van der Waals surface area contributed by atoms with Crippen LogP contribution in [0.5, 0.6) is 0 Å². The molecule has 2 heterocycles. The summed E-state index contributed by atoms with van der Waals surface area (Å²) in [5.74, 6) is 0.279. The SMILES string of the molecule is CCC(=O)N(CC)CCCNc1nc(Nc2ccc(N3CCOCC3)cc2C2CC2)ncc1C(F)(F)F. The summed E-state index contributed by atoms with van der Waals surface area (Å²) >= 11 is 0. The zero-order chi connectivity index (χ0) is 26.4. The maximum absolute atomic E-state index is 13.6. The van der Waals surface area contributed by atoms with Gasteiger partial charge in [-0.2, -0.15) is 18.2 Å². The van der Waals surface area contributed by atoms with Crippen molar-refractivity contribution in [2.45, 2.75) is 51.6 Å². The van der Waals surface area contributed by atoms with Crippen molar-refractivity contribution in [3.63, 3.8) is 0 Å². The summed E-state index contributed by atoms with van der Waals surface area (Å²) in [6, 6.07) is 6.13. The van der Waals surface area contributed by atoms with E-state index in [4.69, 9.17) is 4.74 Å². The Kier molecular flexibility index (Phi) is 8.73. The molecule has 37 heavy (non-hydrogen) atoms. The van der Waals surface area contributed by atoms with Gasteiger partial charge in [0.1, 0.15) is 11.4 Å². The van der Waals surface area contributed by atoms with Crippen molar-refractivity contribution in [3.8, 4) is 0 Å². The lowest BCUT2D eigenvalue weighted by Gasteiger charge is -2.29. The van der Waals surface area contributed by atoms with Crippen LogP contribution in [0.2, 0.25) is 0 Å². The van der Waals surface area contributed by atoms with Gasteiger partial charge >= 0.3 is 6.18 Å². The Labute approximate surface area is 215 Å². The Morgan fingerprint density at radius 2 is 1.97 bits per heavy atom. The summed E-state index contributed by atoms with van der Waals surface area (Å²) in [4.78, 5) is 24.1. The standard InChI is InChI=1S/C26H35F3N6O2/c1-3-23(36)34(4-2)11-5-10-30-24-21(26(27,28)29)17-31-25(33-24)32-22-9-8-19(16-20(22)18-6-7-18)35-12-14-37-15-13-35/h8-9,16-18H,3-7,10-15H2,1-2H3,(H2,30,31,32,33). The monoisotopic (exact) mass is 520 g/mol. The number of nitrogens with zero attached hydrogens (tertiary/aromatic N) is 4. The number of anilines is 4. The molecule has 11 heteroatoms. The smallest absolute Gasteiger partial charge is 0.378 e. The molecule has 1 aromatic carbocycles. The first-order valence-electron chi connectivity index (χ1n) is 13.0. The second kappa shape index (κ2) is 12.0. The van der Waals surface area contributed by atoms with Crippen LogP contribution in [0.1, 0.15) is 56.6 Å². The minimum atomic E-state index is -4.59. The van der Waals surface area contributed by atoms with Gasteiger partial charge in [0.2, 0.25) is 11.9 Å². The number of halogens is 3. The third-order valence-electron chi connectivity index (χ3n) is 6.70. The van der Waals surface area contributed by atoms with Crippen LogP contribution in [-0.2, 0) is 15.7 Å². The van der Waals surface area contributed by atoms with Crippen LogP contribution in [0, 0.1) is 0 Å². The Morgan fingerprint density at radius 3 is 2.62 bits per heavy atom. The Morgan fingerprint density at radius 1 is 1.22 bits per heavy atom. The van der Waals surface area contributed by atoms with E-state index in [0.29, 0.717) is 45.1 Å². The quantitative estimate of drug-likeness (QED) is 0.403. The number of hydrogen-bond acceptors (Lipinski definition) is 7. The fourth-order valence-electron chi connectivity index (χ4n) is 4.48. The molecule has 0 bridgehead atoms. The molecular weight excluding hydrogens is 485 g/mol. The molecule has 0 unspecified atom stereocenters. The van der Waals surface area contributed by atoms with Gasteiger partial charge in [0.05, 0.1) is 13.2 Å². The minimum Gasteiger partial charge on any atom is -0.378 e. The average molecular weight is 521 g/mol. The van der Waals surface area contributed by atoms with Crippen molar-refractivity contribution in [1.82, 2.24) is 14.9 Å². The van der Waals surface area contributed by atoms with Crippen LogP contribution in [0.15, 0.2) is 24.4 Å². The molecule has 0 radical (unpaired) electrons. The maximum Gasteiger partial charge on any atom is 0.421 e. The van der Waals surface area contributed by atoms with Gasteiger partial charge in [-0.05, 0) is 55.9 Å². The number of ether oxygens (including phenoxy) is 1. The van der Waals surface area contributed by atoms with Crippen LogP contribution in [0.25, 0.3) is 0 Å². The van der Waals surface area contributed by atoms with Crippen molar-refractivity contribution in [2.24, 2.45) is 0 Å². The van der Waals surface area contributed by atoms with E-state index >= 15 is 0 Å². The number of carbonyl (C=O) groups is 1. The highest BCUT2D eigenvalue weighted by Gasteiger charge is 2.35. The molecule has 2 aliphatic rings. The van der Waals surface area contributed by atoms with Crippen LogP contribution in [0.4, 0.5) is 36.3 Å². The fraction of sp³-hybridized carbons (Fsp3) is 0.577. The Hall–Kier alpha value is -3.08. The number of benzene rings is 1. The highest BCUT2D eigenvalue weighted by molar-refractivity contribution is 5.75. The number of rotatable bonds is 11. The van der Waals surface area contributed by atoms with Gasteiger partial charge in [0.15, 0.2) is 0 Å². The van der Waals surface area contributed by atoms with Crippen LogP contribution in [-0.4, -0.2) is 66.7 Å². The highest BCUT2D eigenvalue weighted by atomic mass is 19.4. The van der Waals surface area contributed by atoms with Gasteiger partial charge in [-0.3, -0.25) is 4.79 Å². The molecule has 202 valence electrons. The topological polar surface area (TPSA) is 82.6 Å². The number of nitrogens with one attached hydrogen (secondary N) is 2. The normalized spacial score (nSPS) is 16.0. The molecule has 1 aliphatic heterocycles. The summed E-state index contributed by atoms with van der Waals surface area (Å²) in [7, 11) is 0. The van der Waals surface area contributed by atoms with Gasteiger partial charge in [0.25, 0.3) is 0 Å². The number of hydrogen-bond donors (Lipinski definition) is 2. The maximum atomic E-state index is 13.6. The zero-order valence-corrected chi connectivity index (χ0v) is 21.4. The van der Waals surface area contributed by atoms with E-state index in [1.807, 2.05) is 19.1 Å². The molecule has 0 atom stereocenters. The second-order valence-corrected chi connectivity index (χ2v) is 9.33. The van der Waals surface area contributed by atoms with Crippen molar-refractivity contribution in [3.05, 3.63) is 35.5 Å². The van der Waals surface area contributed by atoms with Crippen molar-refractivity contribution >= 4 is 29.0 Å². The first-order chi connectivity index (χ1) is 17.8. The molecule has 1 saturated carbocycles. The van der Waals surface area contributed by atoms with Gasteiger partial charge < -0.3 is 25.2 Å². The van der Waals surface area contributed by atoms with E-state index in [-0.39, 0.29) is 24.2 Å². The van der Waals surface area contributed by atoms with Crippen molar-refractivity contribution < 1.29 is 22.7 Å². The van der Waals surface area contributed by atoms with E-state index < -0.39 is 11.7 Å². The molecule has 2 aromatic rings. The molecule has 1 aliphatic carbocycles. The molecular formula is C26H35F3N6O2. The lowest BCUT2D eigenvalue weighted by atomic mass is 10.1. The predicted octanol–water partition coefficient (Wildman–Crippen LogP) is 5.01. The number of amides is 1. The van der Waals surface area contributed by atoms with Crippen LogP contribution < -0.4 is 15.5 Å². The number of morpholine rings is 1. The van der Waals surface area contributed by atoms with Gasteiger partial charge in [-0.25, -0.2) is 4.98 Å². The Balaban J connectivity index is 1.49. The second-order valence-electron chi connectivity index (χ2n) is 9.33. The molecule has 1 aromatic heterocycles. The third kappa shape index (κ3) is 7.03. The highest BCUT2D eigenvalue weighted by Crippen LogP contribution is 2.45. The van der Waals surface area contributed by atoms with Crippen LogP contribution in [0.3, 0.4) is 0 Å². The van der Waals surface area contributed by atoms with Gasteiger partial charge in [-0.1, -0.05) is 6.92 Å². The molecule has 1 amide bonds. The largest absolute Gasteiger partial charge is 0.421 e. The van der Waals surface area contributed by atoms with E-state index in [2.05, 4.69) is 31.6 Å². The predicted molar refractivity (Wildman–Crippen MR) is 137 cm³/mol. The summed E-state index contributed by atoms with van der Waals surface area (Å²) in [5, 5.41) is 5.97. The summed E-state index contributed by atoms with van der Waals surface area (Å²) in [5.41, 5.74) is 2.14. The van der Waals surface area contributed by atoms with Gasteiger partial charge in [0, 0.05) is 56.7 Å². The summed E-state index contributed by atoms with van der Waals surface area (Å²) in [6.07, 6.45) is -0.716. The van der Waals surface area contributed by atoms with Gasteiger partial charge in [-0.15, -0.1) is 0 Å². The van der Waals surface area contributed by atoms with E-state index in [0.717, 1.165) is 49.1 Å². The average Bonchev–Trinajstić information content (AvgIpc) is 3.74. The minimum absolute atomic E-state index is 0.0260. The van der Waals surface area contributed by atoms with Crippen molar-refractivity contribution in [1.29, 1.82) is 0 Å². The number of aromatic nitrogens is 2. The lowest BCUT2D eigenvalue weighted by Crippen LogP contribution is -2.36. The lowest BCUT2D eigenvalue weighted by molar-refractivity contribution is -0.137. The Bertz CT molecular complexity index is 1070. The summed E-state index contributed by atoms with van der Waals surface area (Å²) in [6.45, 7) is 8.00. The molecule has 8 nitrogen and oxygen atoms in total. The molecule has 2 fully saturated rings. The first kappa shape index (κ1) is 27.0. The third-order valence-corrected chi connectivity index (χ3v) is 6.70. The summed E-state index contributed by atoms with van der Waals surface area (Å²) < 4.78 is 46.4.